The highest BCUT2D eigenvalue weighted by Crippen LogP contribution is 2.17. The van der Waals surface area contributed by atoms with E-state index >= 15 is 0 Å². The number of nitrogens with zero attached hydrogens (tertiary/aromatic N) is 1. The van der Waals surface area contributed by atoms with E-state index in [-0.39, 0.29) is 6.04 Å². The fourth-order valence-electron chi connectivity index (χ4n) is 4.68. The van der Waals surface area contributed by atoms with Gasteiger partial charge in [-0.1, -0.05) is 130 Å². The van der Waals surface area contributed by atoms with E-state index in [2.05, 4.69) is 25.7 Å². The average Bonchev–Trinajstić information content (AvgIpc) is 2.74. The quantitative estimate of drug-likeness (QED) is 0.144. The van der Waals surface area contributed by atoms with Crippen LogP contribution in [0.15, 0.2) is 0 Å². The maximum absolute atomic E-state index is 11.4. The monoisotopic (exact) mass is 439 g/mol. The molecule has 0 aromatic carbocycles. The summed E-state index contributed by atoms with van der Waals surface area (Å²) in [6, 6.07) is 0.227. The van der Waals surface area contributed by atoms with Gasteiger partial charge in [-0.05, 0) is 32.4 Å². The molecule has 0 saturated heterocycles. The summed E-state index contributed by atoms with van der Waals surface area (Å²) in [6.45, 7) is 8.91. The summed E-state index contributed by atoms with van der Waals surface area (Å²) in [7, 11) is 0. The number of unbranched alkanes of at least 4 members (excludes halogenated alkanes) is 16. The van der Waals surface area contributed by atoms with Gasteiger partial charge in [0.15, 0.2) is 0 Å². The molecule has 0 amide bonds. The van der Waals surface area contributed by atoms with E-state index in [4.69, 9.17) is 0 Å². The van der Waals surface area contributed by atoms with Gasteiger partial charge in [0.2, 0.25) is 0 Å². The molecule has 31 heavy (non-hydrogen) atoms. The Morgan fingerprint density at radius 1 is 0.581 bits per heavy atom. The highest BCUT2D eigenvalue weighted by Gasteiger charge is 2.20. The fourth-order valence-corrected chi connectivity index (χ4v) is 4.68. The Morgan fingerprint density at radius 2 is 0.935 bits per heavy atom. The molecule has 1 atom stereocenters. The van der Waals surface area contributed by atoms with Crippen molar-refractivity contribution in [3.8, 4) is 0 Å². The van der Waals surface area contributed by atoms with Gasteiger partial charge in [0.1, 0.15) is 0 Å². The van der Waals surface area contributed by atoms with E-state index in [1.807, 2.05) is 0 Å². The third-order valence-corrected chi connectivity index (χ3v) is 6.65. The predicted molar refractivity (Wildman–Crippen MR) is 137 cm³/mol. The molecule has 0 rings (SSSR count). The molecule has 0 fully saturated rings. The zero-order valence-corrected chi connectivity index (χ0v) is 21.6. The van der Waals surface area contributed by atoms with Crippen molar-refractivity contribution in [2.75, 3.05) is 13.1 Å². The molecule has 0 aromatic heterocycles. The molecule has 0 spiro atoms. The lowest BCUT2D eigenvalue weighted by molar-refractivity contribution is -0.138. The summed E-state index contributed by atoms with van der Waals surface area (Å²) in [4.78, 5) is 13.9. The summed E-state index contributed by atoms with van der Waals surface area (Å²) in [6.07, 6.45) is 26.7. The number of carbonyl (C=O) groups is 1. The number of rotatable bonds is 25. The Bertz CT molecular complexity index is 350. The number of aliphatic carboxylic acids is 1. The van der Waals surface area contributed by atoms with Gasteiger partial charge in [0, 0.05) is 6.04 Å². The van der Waals surface area contributed by atoms with Crippen LogP contribution in [-0.2, 0) is 4.79 Å². The van der Waals surface area contributed by atoms with Crippen molar-refractivity contribution < 1.29 is 9.90 Å². The number of hydrogen-bond acceptors (Lipinski definition) is 2. The second-order valence-electron chi connectivity index (χ2n) is 9.73. The van der Waals surface area contributed by atoms with Crippen LogP contribution in [0.2, 0.25) is 0 Å². The molecule has 0 heterocycles. The van der Waals surface area contributed by atoms with E-state index in [1.54, 1.807) is 0 Å². The first-order valence-electron chi connectivity index (χ1n) is 14.1. The Labute approximate surface area is 195 Å². The molecule has 186 valence electrons. The molecule has 0 bridgehead atoms. The van der Waals surface area contributed by atoms with Crippen LogP contribution in [-0.4, -0.2) is 35.1 Å². The van der Waals surface area contributed by atoms with E-state index < -0.39 is 5.97 Å². The molecule has 3 heteroatoms. The SMILES string of the molecule is CCCCCCCCCCCN(CCCCCCCCCCC)C(CCC)CC(=O)O. The van der Waals surface area contributed by atoms with Crippen LogP contribution in [0.4, 0.5) is 0 Å². The van der Waals surface area contributed by atoms with Gasteiger partial charge in [-0.3, -0.25) is 9.69 Å². The van der Waals surface area contributed by atoms with E-state index in [1.165, 1.54) is 116 Å². The predicted octanol–water partition coefficient (Wildman–Crippen LogP) is 8.99. The molecule has 0 aliphatic heterocycles. The van der Waals surface area contributed by atoms with Crippen molar-refractivity contribution in [2.45, 2.75) is 162 Å². The Morgan fingerprint density at radius 3 is 1.26 bits per heavy atom. The number of carboxylic acid groups (broad SMARTS) is 1. The molecular weight excluding hydrogens is 382 g/mol. The third-order valence-electron chi connectivity index (χ3n) is 6.65. The first-order valence-corrected chi connectivity index (χ1v) is 14.1. The second-order valence-corrected chi connectivity index (χ2v) is 9.73. The third kappa shape index (κ3) is 21.1. The molecule has 0 radical (unpaired) electrons. The molecule has 3 nitrogen and oxygen atoms in total. The molecule has 1 unspecified atom stereocenters. The topological polar surface area (TPSA) is 40.5 Å². The van der Waals surface area contributed by atoms with E-state index in [0.29, 0.717) is 6.42 Å². The van der Waals surface area contributed by atoms with Crippen molar-refractivity contribution in [1.29, 1.82) is 0 Å². The summed E-state index contributed by atoms with van der Waals surface area (Å²) in [5.41, 5.74) is 0. The van der Waals surface area contributed by atoms with Gasteiger partial charge in [-0.2, -0.15) is 0 Å². The van der Waals surface area contributed by atoms with Crippen LogP contribution < -0.4 is 0 Å². The molecule has 0 saturated carbocycles. The van der Waals surface area contributed by atoms with Crippen molar-refractivity contribution in [1.82, 2.24) is 4.90 Å². The number of hydrogen-bond donors (Lipinski definition) is 1. The van der Waals surface area contributed by atoms with Crippen LogP contribution in [0, 0.1) is 0 Å². The maximum Gasteiger partial charge on any atom is 0.304 e. The summed E-state index contributed by atoms with van der Waals surface area (Å²) < 4.78 is 0. The molecule has 0 aliphatic carbocycles. The zero-order chi connectivity index (χ0) is 23.0. The van der Waals surface area contributed by atoms with Crippen molar-refractivity contribution >= 4 is 5.97 Å². The Hall–Kier alpha value is -0.570. The average molecular weight is 440 g/mol. The smallest absolute Gasteiger partial charge is 0.304 e. The van der Waals surface area contributed by atoms with Gasteiger partial charge in [-0.15, -0.1) is 0 Å². The minimum Gasteiger partial charge on any atom is -0.481 e. The van der Waals surface area contributed by atoms with Crippen molar-refractivity contribution in [2.24, 2.45) is 0 Å². The minimum atomic E-state index is -0.636. The van der Waals surface area contributed by atoms with Gasteiger partial charge >= 0.3 is 5.97 Å². The summed E-state index contributed by atoms with van der Waals surface area (Å²) in [5, 5.41) is 9.39. The zero-order valence-electron chi connectivity index (χ0n) is 21.6. The van der Waals surface area contributed by atoms with Gasteiger partial charge in [0.25, 0.3) is 0 Å². The summed E-state index contributed by atoms with van der Waals surface area (Å²) >= 11 is 0. The van der Waals surface area contributed by atoms with Crippen LogP contribution in [0.5, 0.6) is 0 Å². The van der Waals surface area contributed by atoms with Gasteiger partial charge in [-0.25, -0.2) is 0 Å². The van der Waals surface area contributed by atoms with E-state index in [9.17, 15) is 9.90 Å². The standard InChI is InChI=1S/C28H57NO2/c1-4-7-9-11-13-15-17-19-21-24-29(27(23-6-3)26-28(30)31)25-22-20-18-16-14-12-10-8-5-2/h27H,4-26H2,1-3H3,(H,30,31). The first kappa shape index (κ1) is 30.4. The highest BCUT2D eigenvalue weighted by molar-refractivity contribution is 5.67. The lowest BCUT2D eigenvalue weighted by atomic mass is 10.0. The normalized spacial score (nSPS) is 12.5. The van der Waals surface area contributed by atoms with Crippen LogP contribution in [0.25, 0.3) is 0 Å². The lowest BCUT2D eigenvalue weighted by Crippen LogP contribution is -2.38. The van der Waals surface area contributed by atoms with Crippen molar-refractivity contribution in [3.63, 3.8) is 0 Å². The minimum absolute atomic E-state index is 0.227. The molecule has 0 aromatic rings. The Balaban J connectivity index is 4.14. The van der Waals surface area contributed by atoms with Crippen LogP contribution >= 0.6 is 0 Å². The van der Waals surface area contributed by atoms with Crippen molar-refractivity contribution in [3.05, 3.63) is 0 Å². The largest absolute Gasteiger partial charge is 0.481 e. The summed E-state index contributed by atoms with van der Waals surface area (Å²) in [5.74, 6) is -0.636. The van der Waals surface area contributed by atoms with Crippen LogP contribution in [0.3, 0.4) is 0 Å². The van der Waals surface area contributed by atoms with Gasteiger partial charge < -0.3 is 5.11 Å². The van der Waals surface area contributed by atoms with Crippen LogP contribution in [0.1, 0.15) is 156 Å². The Kier molecular flexibility index (Phi) is 23.6. The molecular formula is C28H57NO2. The van der Waals surface area contributed by atoms with Gasteiger partial charge in [0.05, 0.1) is 6.42 Å². The maximum atomic E-state index is 11.4. The second kappa shape index (κ2) is 24.1. The highest BCUT2D eigenvalue weighted by atomic mass is 16.4. The molecule has 1 N–H and O–H groups in total. The number of carboxylic acids is 1. The first-order chi connectivity index (χ1) is 15.2. The van der Waals surface area contributed by atoms with E-state index in [0.717, 1.165) is 25.9 Å². The lowest BCUT2D eigenvalue weighted by Gasteiger charge is -2.31. The molecule has 0 aliphatic rings. The fraction of sp³-hybridized carbons (Fsp3) is 0.964.